The third-order valence-corrected chi connectivity index (χ3v) is 3.78. The minimum absolute atomic E-state index is 0.00296. The third kappa shape index (κ3) is 1.72. The third-order valence-electron chi connectivity index (χ3n) is 3.78. The monoisotopic (exact) mass is 272 g/mol. The zero-order chi connectivity index (χ0) is 13.7. The summed E-state index contributed by atoms with van der Waals surface area (Å²) in [5.74, 6) is 0.510. The van der Waals surface area contributed by atoms with Crippen LogP contribution < -0.4 is 4.74 Å². The van der Waals surface area contributed by atoms with Crippen molar-refractivity contribution in [2.24, 2.45) is 0 Å². The van der Waals surface area contributed by atoms with Gasteiger partial charge in [-0.1, -0.05) is 24.3 Å². The van der Waals surface area contributed by atoms with Gasteiger partial charge >= 0.3 is 0 Å². The first-order valence-electron chi connectivity index (χ1n) is 6.51. The maximum Gasteiger partial charge on any atom is 0.190 e. The van der Waals surface area contributed by atoms with Gasteiger partial charge in [-0.05, 0) is 29.3 Å². The van der Waals surface area contributed by atoms with Crippen molar-refractivity contribution >= 4 is 0 Å². The van der Waals surface area contributed by atoms with E-state index in [2.05, 4.69) is 0 Å². The number of epoxide rings is 1. The van der Waals surface area contributed by atoms with E-state index in [1.165, 1.54) is 12.1 Å². The second-order valence-electron chi connectivity index (χ2n) is 4.96. The number of hydrogen-bond acceptors (Lipinski definition) is 3. The lowest BCUT2D eigenvalue weighted by atomic mass is 9.92. The summed E-state index contributed by atoms with van der Waals surface area (Å²) in [6.07, 6.45) is -0.494. The molecule has 20 heavy (non-hydrogen) atoms. The summed E-state index contributed by atoms with van der Waals surface area (Å²) in [7, 11) is 1.64. The van der Waals surface area contributed by atoms with Crippen LogP contribution in [0.3, 0.4) is 0 Å². The molecule has 1 saturated heterocycles. The number of hydrogen-bond donors (Lipinski definition) is 0. The van der Waals surface area contributed by atoms with Crippen LogP contribution in [0.2, 0.25) is 0 Å². The molecule has 0 saturated carbocycles. The Morgan fingerprint density at radius 1 is 1.05 bits per heavy atom. The maximum absolute atomic E-state index is 13.1. The number of methoxy groups -OCH3 is 1. The van der Waals surface area contributed by atoms with E-state index < -0.39 is 0 Å². The van der Waals surface area contributed by atoms with Gasteiger partial charge in [0.15, 0.2) is 6.29 Å². The van der Waals surface area contributed by atoms with Gasteiger partial charge in [0.1, 0.15) is 23.8 Å². The molecule has 4 rings (SSSR count). The molecule has 1 fully saturated rings. The molecular formula is C16H13FO3. The molecule has 3 atom stereocenters. The predicted molar refractivity (Wildman–Crippen MR) is 69.9 cm³/mol. The topological polar surface area (TPSA) is 31.0 Å². The maximum atomic E-state index is 13.1. The minimum Gasteiger partial charge on any atom is -0.496 e. The Kier molecular flexibility index (Phi) is 2.55. The van der Waals surface area contributed by atoms with Crippen molar-refractivity contribution in [2.45, 2.75) is 18.5 Å². The van der Waals surface area contributed by atoms with Crippen molar-refractivity contribution in [3.63, 3.8) is 0 Å². The largest absolute Gasteiger partial charge is 0.496 e. The van der Waals surface area contributed by atoms with Crippen LogP contribution in [-0.2, 0) is 9.47 Å². The molecule has 3 nitrogen and oxygen atoms in total. The minimum atomic E-state index is -0.287. The molecule has 0 radical (unpaired) electrons. The first-order valence-corrected chi connectivity index (χ1v) is 6.51. The molecular weight excluding hydrogens is 259 g/mol. The van der Waals surface area contributed by atoms with Crippen LogP contribution in [0.5, 0.6) is 5.75 Å². The van der Waals surface area contributed by atoms with Gasteiger partial charge in [0.05, 0.1) is 7.11 Å². The highest BCUT2D eigenvalue weighted by atomic mass is 19.1. The smallest absolute Gasteiger partial charge is 0.190 e. The van der Waals surface area contributed by atoms with E-state index in [4.69, 9.17) is 14.2 Å². The molecule has 0 aliphatic carbocycles. The molecule has 2 aromatic rings. The van der Waals surface area contributed by atoms with Crippen molar-refractivity contribution in [3.8, 4) is 5.75 Å². The Balaban J connectivity index is 1.85. The average molecular weight is 272 g/mol. The zero-order valence-corrected chi connectivity index (χ0v) is 10.9. The van der Waals surface area contributed by atoms with E-state index in [1.807, 2.05) is 18.2 Å². The van der Waals surface area contributed by atoms with E-state index >= 15 is 0 Å². The molecule has 2 aliphatic heterocycles. The Bertz CT molecular complexity index is 653. The number of rotatable bonds is 2. The molecule has 102 valence electrons. The summed E-state index contributed by atoms with van der Waals surface area (Å²) < 4.78 is 30.0. The van der Waals surface area contributed by atoms with E-state index in [0.717, 1.165) is 22.4 Å². The van der Waals surface area contributed by atoms with Crippen molar-refractivity contribution in [2.75, 3.05) is 7.11 Å². The summed E-state index contributed by atoms with van der Waals surface area (Å²) in [6.45, 7) is 0. The lowest BCUT2D eigenvalue weighted by Crippen LogP contribution is -2.17. The molecule has 4 heteroatoms. The van der Waals surface area contributed by atoms with Crippen molar-refractivity contribution < 1.29 is 18.6 Å². The van der Waals surface area contributed by atoms with Crippen LogP contribution in [-0.4, -0.2) is 13.4 Å². The summed E-state index contributed by atoms with van der Waals surface area (Å²) in [5.41, 5.74) is 2.96. The quantitative estimate of drug-likeness (QED) is 0.785. The first-order chi connectivity index (χ1) is 9.78. The summed E-state index contributed by atoms with van der Waals surface area (Å²) in [5, 5.41) is 0. The predicted octanol–water partition coefficient (Wildman–Crippen LogP) is 3.35. The second-order valence-corrected chi connectivity index (χ2v) is 4.96. The molecule has 0 N–H and O–H groups in total. The van der Waals surface area contributed by atoms with Crippen molar-refractivity contribution in [1.29, 1.82) is 0 Å². The highest BCUT2D eigenvalue weighted by Gasteiger charge is 2.50. The highest BCUT2D eigenvalue weighted by molar-refractivity contribution is 5.49. The molecule has 2 aromatic carbocycles. The molecule has 0 bridgehead atoms. The van der Waals surface area contributed by atoms with E-state index in [-0.39, 0.29) is 24.3 Å². The number of fused-ring (bicyclic) bond motifs is 3. The Hall–Kier alpha value is -1.91. The van der Waals surface area contributed by atoms with Gasteiger partial charge in [-0.2, -0.15) is 0 Å². The number of ether oxygens (including phenoxy) is 3. The summed E-state index contributed by atoms with van der Waals surface area (Å²) in [6, 6.07) is 12.2. The fourth-order valence-electron chi connectivity index (χ4n) is 2.78. The Morgan fingerprint density at radius 3 is 2.60 bits per heavy atom. The van der Waals surface area contributed by atoms with Crippen LogP contribution in [0.25, 0.3) is 0 Å². The molecule has 0 amide bonds. The molecule has 2 aliphatic rings. The SMILES string of the molecule is COc1cccc2c1C(c1ccc(F)cc1)OC1OC21. The Labute approximate surface area is 115 Å². The number of halogens is 1. The lowest BCUT2D eigenvalue weighted by molar-refractivity contribution is 0.00512. The molecule has 0 aromatic heterocycles. The van der Waals surface area contributed by atoms with Crippen LogP contribution in [0.15, 0.2) is 42.5 Å². The highest BCUT2D eigenvalue weighted by Crippen LogP contribution is 2.53. The normalized spacial score (nSPS) is 26.6. The van der Waals surface area contributed by atoms with Gasteiger partial charge in [-0.3, -0.25) is 0 Å². The average Bonchev–Trinajstić information content (AvgIpc) is 3.26. The first kappa shape index (κ1) is 11.9. The lowest BCUT2D eigenvalue weighted by Gasteiger charge is -2.25. The standard InChI is InChI=1S/C16H13FO3/c1-18-12-4-2-3-11-13(12)14(19-16-15(11)20-16)9-5-7-10(17)8-6-9/h2-8,14-16H,1H3. The fourth-order valence-corrected chi connectivity index (χ4v) is 2.78. The van der Waals surface area contributed by atoms with E-state index in [0.29, 0.717) is 0 Å². The fraction of sp³-hybridized carbons (Fsp3) is 0.250. The number of benzene rings is 2. The van der Waals surface area contributed by atoms with Gasteiger partial charge in [-0.15, -0.1) is 0 Å². The van der Waals surface area contributed by atoms with Gasteiger partial charge in [0.2, 0.25) is 0 Å². The van der Waals surface area contributed by atoms with Crippen molar-refractivity contribution in [3.05, 3.63) is 65.0 Å². The van der Waals surface area contributed by atoms with Gasteiger partial charge < -0.3 is 14.2 Å². The summed E-state index contributed by atoms with van der Waals surface area (Å²) >= 11 is 0. The Morgan fingerprint density at radius 2 is 1.85 bits per heavy atom. The zero-order valence-electron chi connectivity index (χ0n) is 10.9. The van der Waals surface area contributed by atoms with Gasteiger partial charge in [0.25, 0.3) is 0 Å². The second kappa shape index (κ2) is 4.30. The van der Waals surface area contributed by atoms with Crippen LogP contribution >= 0.6 is 0 Å². The van der Waals surface area contributed by atoms with Crippen LogP contribution in [0.1, 0.15) is 28.9 Å². The molecule has 3 unspecified atom stereocenters. The molecule has 2 heterocycles. The van der Waals surface area contributed by atoms with Gasteiger partial charge in [-0.25, -0.2) is 4.39 Å². The van der Waals surface area contributed by atoms with E-state index in [9.17, 15) is 4.39 Å². The van der Waals surface area contributed by atoms with Crippen LogP contribution in [0.4, 0.5) is 4.39 Å². The summed E-state index contributed by atoms with van der Waals surface area (Å²) in [4.78, 5) is 0. The van der Waals surface area contributed by atoms with E-state index in [1.54, 1.807) is 19.2 Å². The van der Waals surface area contributed by atoms with Gasteiger partial charge in [0, 0.05) is 5.56 Å². The van der Waals surface area contributed by atoms with Crippen molar-refractivity contribution in [1.82, 2.24) is 0 Å². The van der Waals surface area contributed by atoms with Crippen LogP contribution in [0, 0.1) is 5.82 Å². The molecule has 0 spiro atoms.